The van der Waals surface area contributed by atoms with Crippen LogP contribution in [-0.4, -0.2) is 29.4 Å². The van der Waals surface area contributed by atoms with Crippen molar-refractivity contribution in [2.45, 2.75) is 31.1 Å². The first-order valence-corrected chi connectivity index (χ1v) is 6.50. The summed E-state index contributed by atoms with van der Waals surface area (Å²) in [7, 11) is -3.15. The van der Waals surface area contributed by atoms with Gasteiger partial charge in [0, 0.05) is 0 Å². The molecule has 0 saturated carbocycles. The average Bonchev–Trinajstić information content (AvgIpc) is 2.65. The molecule has 1 aliphatic heterocycles. The van der Waals surface area contributed by atoms with Crippen LogP contribution in [0.5, 0.6) is 0 Å². The van der Waals surface area contributed by atoms with E-state index in [0.717, 1.165) is 6.42 Å². The van der Waals surface area contributed by atoms with Crippen LogP contribution in [0.3, 0.4) is 0 Å². The Morgan fingerprint density at radius 3 is 2.87 bits per heavy atom. The van der Waals surface area contributed by atoms with E-state index in [-0.39, 0.29) is 24.1 Å². The predicted octanol–water partition coefficient (Wildman–Crippen LogP) is 0.202. The summed E-state index contributed by atoms with van der Waals surface area (Å²) in [5.74, 6) is 0.415. The van der Waals surface area contributed by atoms with Gasteiger partial charge in [-0.15, -0.1) is 0 Å². The minimum absolute atomic E-state index is 0.110. The molecule has 1 N–H and O–H groups in total. The summed E-state index contributed by atoms with van der Waals surface area (Å²) in [4.78, 5) is 3.84. The smallest absolute Gasteiger partial charge is 0.245 e. The molecular formula is C8H12N2O4S. The SMILES string of the molecule is O=S1(=O)CCCCC1c1nc(CO)no1. The van der Waals surface area contributed by atoms with Gasteiger partial charge in [0.25, 0.3) is 0 Å². The van der Waals surface area contributed by atoms with Gasteiger partial charge in [-0.3, -0.25) is 0 Å². The molecule has 0 radical (unpaired) electrons. The maximum Gasteiger partial charge on any atom is 0.245 e. The van der Waals surface area contributed by atoms with Crippen LogP contribution in [0.2, 0.25) is 0 Å². The van der Waals surface area contributed by atoms with Crippen LogP contribution in [0.4, 0.5) is 0 Å². The van der Waals surface area contributed by atoms with E-state index in [0.29, 0.717) is 12.8 Å². The summed E-state index contributed by atoms with van der Waals surface area (Å²) in [5, 5.41) is 11.5. The Morgan fingerprint density at radius 1 is 1.47 bits per heavy atom. The summed E-state index contributed by atoms with van der Waals surface area (Å²) in [6.07, 6.45) is 2.07. The first-order valence-electron chi connectivity index (χ1n) is 4.78. The van der Waals surface area contributed by atoms with Crippen LogP contribution in [-0.2, 0) is 16.4 Å². The zero-order chi connectivity index (χ0) is 10.9. The first kappa shape index (κ1) is 10.6. The molecule has 7 heteroatoms. The Kier molecular flexibility index (Phi) is 2.74. The number of hydrogen-bond donors (Lipinski definition) is 1. The third kappa shape index (κ3) is 2.03. The quantitative estimate of drug-likeness (QED) is 0.783. The Bertz CT molecular complexity index is 439. The molecule has 1 unspecified atom stereocenters. The van der Waals surface area contributed by atoms with E-state index < -0.39 is 15.1 Å². The molecule has 0 aliphatic carbocycles. The van der Waals surface area contributed by atoms with E-state index in [2.05, 4.69) is 10.1 Å². The predicted molar refractivity (Wildman–Crippen MR) is 50.6 cm³/mol. The van der Waals surface area contributed by atoms with E-state index in [1.54, 1.807) is 0 Å². The van der Waals surface area contributed by atoms with Crippen LogP contribution in [0.25, 0.3) is 0 Å². The van der Waals surface area contributed by atoms with Gasteiger partial charge in [0.1, 0.15) is 11.9 Å². The summed E-state index contributed by atoms with van der Waals surface area (Å²) < 4.78 is 28.2. The maximum absolute atomic E-state index is 11.7. The van der Waals surface area contributed by atoms with E-state index in [1.807, 2.05) is 0 Å². The number of aliphatic hydroxyl groups is 1. The Balaban J connectivity index is 2.29. The molecule has 6 nitrogen and oxygen atoms in total. The molecule has 1 atom stereocenters. The van der Waals surface area contributed by atoms with Gasteiger partial charge in [-0.25, -0.2) is 8.42 Å². The molecule has 1 aliphatic rings. The lowest BCUT2D eigenvalue weighted by Gasteiger charge is -2.18. The molecule has 1 saturated heterocycles. The Hall–Kier alpha value is -0.950. The zero-order valence-corrected chi connectivity index (χ0v) is 8.90. The van der Waals surface area contributed by atoms with Crippen molar-refractivity contribution in [3.05, 3.63) is 11.7 Å². The van der Waals surface area contributed by atoms with Crippen molar-refractivity contribution in [1.29, 1.82) is 0 Å². The van der Waals surface area contributed by atoms with E-state index in [4.69, 9.17) is 9.63 Å². The minimum atomic E-state index is -3.15. The molecule has 0 aromatic carbocycles. The number of aromatic nitrogens is 2. The van der Waals surface area contributed by atoms with Crippen molar-refractivity contribution >= 4 is 9.84 Å². The minimum Gasteiger partial charge on any atom is -0.388 e. The van der Waals surface area contributed by atoms with Gasteiger partial charge in [-0.05, 0) is 12.8 Å². The highest BCUT2D eigenvalue weighted by molar-refractivity contribution is 7.91. The van der Waals surface area contributed by atoms with Gasteiger partial charge in [0.15, 0.2) is 15.7 Å². The fourth-order valence-corrected chi connectivity index (χ4v) is 3.51. The second-order valence-electron chi connectivity index (χ2n) is 3.56. The molecule has 84 valence electrons. The Labute approximate surface area is 87.2 Å². The maximum atomic E-state index is 11.7. The van der Waals surface area contributed by atoms with E-state index in [9.17, 15) is 8.42 Å². The van der Waals surface area contributed by atoms with Crippen LogP contribution < -0.4 is 0 Å². The number of hydrogen-bond acceptors (Lipinski definition) is 6. The fraction of sp³-hybridized carbons (Fsp3) is 0.750. The van der Waals surface area contributed by atoms with Crippen molar-refractivity contribution in [3.63, 3.8) is 0 Å². The second-order valence-corrected chi connectivity index (χ2v) is 5.86. The summed E-state index contributed by atoms with van der Waals surface area (Å²) in [5.41, 5.74) is 0. The van der Waals surface area contributed by atoms with Crippen molar-refractivity contribution < 1.29 is 18.0 Å². The monoisotopic (exact) mass is 232 g/mol. The van der Waals surface area contributed by atoms with Crippen molar-refractivity contribution in [2.24, 2.45) is 0 Å². The zero-order valence-electron chi connectivity index (χ0n) is 8.09. The van der Waals surface area contributed by atoms with Gasteiger partial charge in [-0.2, -0.15) is 4.98 Å². The lowest BCUT2D eigenvalue weighted by molar-refractivity contribution is 0.262. The molecule has 0 spiro atoms. The molecule has 1 aromatic heterocycles. The lowest BCUT2D eigenvalue weighted by atomic mass is 10.2. The molecule has 0 amide bonds. The Morgan fingerprint density at radius 2 is 2.27 bits per heavy atom. The van der Waals surface area contributed by atoms with E-state index >= 15 is 0 Å². The van der Waals surface area contributed by atoms with Gasteiger partial charge >= 0.3 is 0 Å². The molecule has 2 rings (SSSR count). The van der Waals surface area contributed by atoms with Gasteiger partial charge < -0.3 is 9.63 Å². The molecule has 0 bridgehead atoms. The standard InChI is InChI=1S/C8H12N2O4S/c11-5-7-9-8(14-10-7)6-3-1-2-4-15(6,12)13/h6,11H,1-5H2. The normalized spacial score (nSPS) is 25.3. The largest absolute Gasteiger partial charge is 0.388 e. The van der Waals surface area contributed by atoms with Crippen molar-refractivity contribution in [2.75, 3.05) is 5.75 Å². The molecule has 1 aromatic rings. The number of sulfone groups is 1. The summed E-state index contributed by atoms with van der Waals surface area (Å²) in [6, 6.07) is 0. The number of aliphatic hydroxyl groups excluding tert-OH is 1. The third-order valence-electron chi connectivity index (χ3n) is 2.48. The highest BCUT2D eigenvalue weighted by Gasteiger charge is 2.34. The van der Waals surface area contributed by atoms with Crippen molar-refractivity contribution in [3.8, 4) is 0 Å². The first-order chi connectivity index (χ1) is 7.13. The third-order valence-corrected chi connectivity index (χ3v) is 4.64. The lowest BCUT2D eigenvalue weighted by Crippen LogP contribution is -2.21. The fourth-order valence-electron chi connectivity index (χ4n) is 1.69. The van der Waals surface area contributed by atoms with Crippen LogP contribution in [0, 0.1) is 0 Å². The van der Waals surface area contributed by atoms with Crippen LogP contribution in [0.15, 0.2) is 4.52 Å². The molecular weight excluding hydrogens is 220 g/mol. The van der Waals surface area contributed by atoms with Crippen LogP contribution >= 0.6 is 0 Å². The van der Waals surface area contributed by atoms with Gasteiger partial charge in [0.2, 0.25) is 5.89 Å². The van der Waals surface area contributed by atoms with Crippen molar-refractivity contribution in [1.82, 2.24) is 10.1 Å². The molecule has 15 heavy (non-hydrogen) atoms. The average molecular weight is 232 g/mol. The van der Waals surface area contributed by atoms with Crippen LogP contribution in [0.1, 0.15) is 36.2 Å². The van der Waals surface area contributed by atoms with Gasteiger partial charge in [-0.1, -0.05) is 11.6 Å². The number of rotatable bonds is 2. The highest BCUT2D eigenvalue weighted by atomic mass is 32.2. The number of nitrogens with zero attached hydrogens (tertiary/aromatic N) is 2. The summed E-state index contributed by atoms with van der Waals surface area (Å²) in [6.45, 7) is -0.337. The topological polar surface area (TPSA) is 93.3 Å². The highest BCUT2D eigenvalue weighted by Crippen LogP contribution is 2.32. The van der Waals surface area contributed by atoms with Gasteiger partial charge in [0.05, 0.1) is 5.75 Å². The second kappa shape index (κ2) is 3.90. The molecule has 1 fully saturated rings. The molecule has 2 heterocycles. The summed E-state index contributed by atoms with van der Waals surface area (Å²) >= 11 is 0. The van der Waals surface area contributed by atoms with E-state index in [1.165, 1.54) is 0 Å².